The number of sulfone groups is 1. The maximum atomic E-state index is 12.0. The molecule has 0 spiro atoms. The van der Waals surface area contributed by atoms with Crippen molar-refractivity contribution in [3.63, 3.8) is 0 Å². The monoisotopic (exact) mass is 323 g/mol. The van der Waals surface area contributed by atoms with Crippen LogP contribution in [0.25, 0.3) is 0 Å². The number of carbonyl (C=O) groups excluding carboxylic acids is 1. The molecule has 2 rings (SSSR count). The highest BCUT2D eigenvalue weighted by Gasteiger charge is 2.17. The summed E-state index contributed by atoms with van der Waals surface area (Å²) < 4.78 is 22.7. The average molecular weight is 324 g/mol. The number of hydrogen-bond acceptors (Lipinski definition) is 3. The Balaban J connectivity index is 2.10. The van der Waals surface area contributed by atoms with Crippen LogP contribution in [0.2, 0.25) is 0 Å². The third-order valence-corrected chi connectivity index (χ3v) is 4.45. The summed E-state index contributed by atoms with van der Waals surface area (Å²) in [5.41, 5.74) is 1.19. The van der Waals surface area contributed by atoms with E-state index in [0.29, 0.717) is 11.3 Å². The first kappa shape index (κ1) is 15.5. The largest absolute Gasteiger partial charge is 0.325 e. The summed E-state index contributed by atoms with van der Waals surface area (Å²) in [5, 5.41) is 1.85. The Morgan fingerprint density at radius 1 is 1.05 bits per heavy atom. The number of rotatable bonds is 4. The van der Waals surface area contributed by atoms with Gasteiger partial charge in [-0.1, -0.05) is 30.3 Å². The number of nitrogens with one attached hydrogen (secondary N) is 1. The summed E-state index contributed by atoms with van der Waals surface area (Å²) in [6.07, 6.45) is 1.13. The van der Waals surface area contributed by atoms with Gasteiger partial charge in [-0.15, -0.1) is 11.6 Å². The van der Waals surface area contributed by atoms with Crippen LogP contribution in [-0.4, -0.2) is 20.6 Å². The van der Waals surface area contributed by atoms with Crippen molar-refractivity contribution in [2.45, 2.75) is 10.3 Å². The predicted molar refractivity (Wildman–Crippen MR) is 83.2 cm³/mol. The third-order valence-electron chi connectivity index (χ3n) is 2.87. The van der Waals surface area contributed by atoms with E-state index in [1.54, 1.807) is 24.3 Å². The zero-order valence-electron chi connectivity index (χ0n) is 11.3. The van der Waals surface area contributed by atoms with Gasteiger partial charge in [0, 0.05) is 11.9 Å². The van der Waals surface area contributed by atoms with Gasteiger partial charge in [0.2, 0.25) is 5.91 Å². The fraction of sp³-hybridized carbons (Fsp3) is 0.133. The van der Waals surface area contributed by atoms with Crippen molar-refractivity contribution in [3.8, 4) is 0 Å². The number of carbonyl (C=O) groups is 1. The number of halogens is 1. The topological polar surface area (TPSA) is 63.2 Å². The lowest BCUT2D eigenvalue weighted by molar-refractivity contribution is -0.116. The van der Waals surface area contributed by atoms with Gasteiger partial charge in [0.25, 0.3) is 0 Å². The lowest BCUT2D eigenvalue weighted by atomic mass is 10.1. The maximum absolute atomic E-state index is 12.0. The van der Waals surface area contributed by atoms with Gasteiger partial charge in [0.15, 0.2) is 9.84 Å². The molecule has 2 aromatic rings. The first-order chi connectivity index (χ1) is 9.88. The quantitative estimate of drug-likeness (QED) is 0.880. The number of alkyl halides is 1. The summed E-state index contributed by atoms with van der Waals surface area (Å²) in [6, 6.07) is 14.9. The van der Waals surface area contributed by atoms with Gasteiger partial charge in [-0.3, -0.25) is 4.79 Å². The normalized spacial score (nSPS) is 12.7. The highest BCUT2D eigenvalue weighted by atomic mass is 35.5. The van der Waals surface area contributed by atoms with Crippen molar-refractivity contribution in [2.24, 2.45) is 0 Å². The zero-order chi connectivity index (χ0) is 15.5. The number of hydrogen-bond donors (Lipinski definition) is 1. The molecule has 0 aliphatic heterocycles. The Hall–Kier alpha value is -1.85. The SMILES string of the molecule is CS(=O)(=O)c1ccc(NC(=O)C(Cl)c2ccccc2)cc1. The Bertz CT molecular complexity index is 727. The molecular formula is C15H14ClNO3S. The van der Waals surface area contributed by atoms with Crippen molar-refractivity contribution in [2.75, 3.05) is 11.6 Å². The van der Waals surface area contributed by atoms with Crippen molar-refractivity contribution >= 4 is 33.0 Å². The van der Waals surface area contributed by atoms with E-state index in [0.717, 1.165) is 6.26 Å². The summed E-state index contributed by atoms with van der Waals surface area (Å²) >= 11 is 6.10. The number of anilines is 1. The van der Waals surface area contributed by atoms with Crippen LogP contribution in [0.5, 0.6) is 0 Å². The molecule has 1 N–H and O–H groups in total. The van der Waals surface area contributed by atoms with Crippen LogP contribution >= 0.6 is 11.6 Å². The molecular weight excluding hydrogens is 310 g/mol. The van der Waals surface area contributed by atoms with E-state index in [1.165, 1.54) is 24.3 Å². The molecule has 1 atom stereocenters. The third kappa shape index (κ3) is 4.06. The van der Waals surface area contributed by atoms with Gasteiger partial charge in [-0.25, -0.2) is 8.42 Å². The first-order valence-corrected chi connectivity index (χ1v) is 8.51. The molecule has 0 aliphatic rings. The number of benzene rings is 2. The summed E-state index contributed by atoms with van der Waals surface area (Å²) in [4.78, 5) is 12.2. The van der Waals surface area contributed by atoms with Crippen LogP contribution in [0.15, 0.2) is 59.5 Å². The molecule has 4 nitrogen and oxygen atoms in total. The van der Waals surface area contributed by atoms with Crippen LogP contribution in [0, 0.1) is 0 Å². The van der Waals surface area contributed by atoms with E-state index < -0.39 is 15.2 Å². The van der Waals surface area contributed by atoms with Gasteiger partial charge in [-0.2, -0.15) is 0 Å². The molecule has 0 fully saturated rings. The molecule has 0 saturated heterocycles. The molecule has 6 heteroatoms. The van der Waals surface area contributed by atoms with Crippen LogP contribution < -0.4 is 5.32 Å². The summed E-state index contributed by atoms with van der Waals surface area (Å²) in [6.45, 7) is 0. The number of amides is 1. The Morgan fingerprint density at radius 2 is 1.62 bits per heavy atom. The lowest BCUT2D eigenvalue weighted by Crippen LogP contribution is -2.17. The van der Waals surface area contributed by atoms with Crippen LogP contribution in [0.3, 0.4) is 0 Å². The van der Waals surface area contributed by atoms with Crippen molar-refractivity contribution in [1.82, 2.24) is 0 Å². The van der Waals surface area contributed by atoms with E-state index >= 15 is 0 Å². The van der Waals surface area contributed by atoms with Crippen LogP contribution in [0.4, 0.5) is 5.69 Å². The first-order valence-electron chi connectivity index (χ1n) is 6.18. The minimum Gasteiger partial charge on any atom is -0.325 e. The van der Waals surface area contributed by atoms with E-state index in [4.69, 9.17) is 11.6 Å². The molecule has 0 aromatic heterocycles. The molecule has 1 amide bonds. The highest BCUT2D eigenvalue weighted by Crippen LogP contribution is 2.22. The highest BCUT2D eigenvalue weighted by molar-refractivity contribution is 7.90. The molecule has 0 radical (unpaired) electrons. The molecule has 0 saturated carbocycles. The maximum Gasteiger partial charge on any atom is 0.246 e. The Labute approximate surface area is 128 Å². The van der Waals surface area contributed by atoms with Gasteiger partial charge in [-0.05, 0) is 29.8 Å². The molecule has 21 heavy (non-hydrogen) atoms. The Kier molecular flexibility index (Phi) is 4.65. The van der Waals surface area contributed by atoms with Crippen LogP contribution in [-0.2, 0) is 14.6 Å². The van der Waals surface area contributed by atoms with Crippen molar-refractivity contribution in [3.05, 3.63) is 60.2 Å². The van der Waals surface area contributed by atoms with Gasteiger partial charge in [0.05, 0.1) is 4.90 Å². The zero-order valence-corrected chi connectivity index (χ0v) is 12.9. The molecule has 2 aromatic carbocycles. The van der Waals surface area contributed by atoms with Gasteiger partial charge < -0.3 is 5.32 Å². The molecule has 0 bridgehead atoms. The fourth-order valence-electron chi connectivity index (χ4n) is 1.76. The van der Waals surface area contributed by atoms with Gasteiger partial charge >= 0.3 is 0 Å². The van der Waals surface area contributed by atoms with Crippen molar-refractivity contribution in [1.29, 1.82) is 0 Å². The molecule has 110 valence electrons. The predicted octanol–water partition coefficient (Wildman–Crippen LogP) is 3.01. The second kappa shape index (κ2) is 6.28. The second-order valence-electron chi connectivity index (χ2n) is 4.56. The summed E-state index contributed by atoms with van der Waals surface area (Å²) in [5.74, 6) is -0.366. The average Bonchev–Trinajstić information content (AvgIpc) is 2.47. The minimum atomic E-state index is -3.25. The standard InChI is InChI=1S/C15H14ClNO3S/c1-21(19,20)13-9-7-12(8-10-13)17-15(18)14(16)11-5-3-2-4-6-11/h2-10,14H,1H3,(H,17,18). The van der Waals surface area contributed by atoms with Crippen LogP contribution in [0.1, 0.15) is 10.9 Å². The minimum absolute atomic E-state index is 0.200. The van der Waals surface area contributed by atoms with Gasteiger partial charge in [0.1, 0.15) is 5.38 Å². The van der Waals surface area contributed by atoms with E-state index in [2.05, 4.69) is 5.32 Å². The fourth-order valence-corrected chi connectivity index (χ4v) is 2.59. The second-order valence-corrected chi connectivity index (χ2v) is 7.01. The molecule has 1 unspecified atom stereocenters. The van der Waals surface area contributed by atoms with E-state index in [9.17, 15) is 13.2 Å². The molecule has 0 aliphatic carbocycles. The Morgan fingerprint density at radius 3 is 2.14 bits per heavy atom. The lowest BCUT2D eigenvalue weighted by Gasteiger charge is -2.11. The van der Waals surface area contributed by atoms with Crippen molar-refractivity contribution < 1.29 is 13.2 Å². The van der Waals surface area contributed by atoms with E-state index in [-0.39, 0.29) is 10.8 Å². The van der Waals surface area contributed by atoms with E-state index in [1.807, 2.05) is 6.07 Å². The smallest absolute Gasteiger partial charge is 0.246 e. The summed E-state index contributed by atoms with van der Waals surface area (Å²) in [7, 11) is -3.25. The molecule has 0 heterocycles.